The van der Waals surface area contributed by atoms with E-state index in [0.717, 1.165) is 22.8 Å². The number of rotatable bonds is 3. The molecule has 0 atom stereocenters. The summed E-state index contributed by atoms with van der Waals surface area (Å²) in [5.41, 5.74) is 3.71. The lowest BCUT2D eigenvalue weighted by atomic mass is 9.97. The van der Waals surface area contributed by atoms with Gasteiger partial charge in [0.1, 0.15) is 17.0 Å². The van der Waals surface area contributed by atoms with Crippen LogP contribution >= 0.6 is 23.7 Å². The molecule has 0 saturated carbocycles. The highest BCUT2D eigenvalue weighted by Crippen LogP contribution is 2.38. The van der Waals surface area contributed by atoms with E-state index in [1.165, 1.54) is 40.8 Å². The molecule has 24 heavy (non-hydrogen) atoms. The quantitative estimate of drug-likeness (QED) is 0.728. The van der Waals surface area contributed by atoms with E-state index in [0.29, 0.717) is 0 Å². The van der Waals surface area contributed by atoms with Crippen molar-refractivity contribution in [3.8, 4) is 0 Å². The fraction of sp³-hybridized carbons (Fsp3) is 0.333. The van der Waals surface area contributed by atoms with Crippen molar-refractivity contribution < 1.29 is 0 Å². The van der Waals surface area contributed by atoms with Crippen LogP contribution in [0, 0.1) is 0 Å². The van der Waals surface area contributed by atoms with Crippen molar-refractivity contribution in [2.24, 2.45) is 0 Å². The number of fused-ring (bicyclic) bond motifs is 3. The Morgan fingerprint density at radius 1 is 1.04 bits per heavy atom. The summed E-state index contributed by atoms with van der Waals surface area (Å²) in [6.45, 7) is 0. The predicted octanol–water partition coefficient (Wildman–Crippen LogP) is 4.80. The highest BCUT2D eigenvalue weighted by atomic mass is 35.5. The molecule has 1 aliphatic carbocycles. The molecule has 1 aromatic carbocycles. The Morgan fingerprint density at radius 2 is 1.79 bits per heavy atom. The van der Waals surface area contributed by atoms with Crippen molar-refractivity contribution in [1.82, 2.24) is 9.97 Å². The molecule has 0 bridgehead atoms. The Hall–Kier alpha value is -1.85. The molecular weight excluding hydrogens is 340 g/mol. The molecule has 0 amide bonds. The van der Waals surface area contributed by atoms with E-state index in [1.54, 1.807) is 6.33 Å². The van der Waals surface area contributed by atoms with Crippen molar-refractivity contribution in [1.29, 1.82) is 0 Å². The summed E-state index contributed by atoms with van der Waals surface area (Å²) in [6.07, 6.45) is 6.57. The molecular formula is C18H21ClN4S. The summed E-state index contributed by atoms with van der Waals surface area (Å²) < 4.78 is 0. The van der Waals surface area contributed by atoms with Gasteiger partial charge in [-0.2, -0.15) is 0 Å². The molecule has 1 N–H and O–H groups in total. The number of nitrogens with zero attached hydrogens (tertiary/aromatic N) is 3. The maximum Gasteiger partial charge on any atom is 0.142 e. The predicted molar refractivity (Wildman–Crippen MR) is 105 cm³/mol. The monoisotopic (exact) mass is 360 g/mol. The fourth-order valence-corrected chi connectivity index (χ4v) is 4.39. The van der Waals surface area contributed by atoms with Crippen LogP contribution in [0.3, 0.4) is 0 Å². The Balaban J connectivity index is 0.00000169. The molecule has 126 valence electrons. The molecule has 2 heterocycles. The molecule has 6 heteroatoms. The van der Waals surface area contributed by atoms with E-state index in [2.05, 4.69) is 44.5 Å². The van der Waals surface area contributed by atoms with Crippen LogP contribution < -0.4 is 10.2 Å². The summed E-state index contributed by atoms with van der Waals surface area (Å²) in [5, 5.41) is 4.71. The molecule has 0 spiro atoms. The number of aryl methyl sites for hydroxylation is 2. The van der Waals surface area contributed by atoms with E-state index in [4.69, 9.17) is 0 Å². The SMILES string of the molecule is CN(C)c1ccc(Nc2ncnc3sc4c(c23)CCCC4)cc1.Cl. The van der Waals surface area contributed by atoms with Crippen LogP contribution in [-0.4, -0.2) is 24.1 Å². The van der Waals surface area contributed by atoms with Crippen LogP contribution in [0.15, 0.2) is 30.6 Å². The van der Waals surface area contributed by atoms with Gasteiger partial charge < -0.3 is 10.2 Å². The number of benzene rings is 1. The van der Waals surface area contributed by atoms with Crippen LogP contribution in [0.1, 0.15) is 23.3 Å². The zero-order valence-corrected chi connectivity index (χ0v) is 15.5. The fourth-order valence-electron chi connectivity index (χ4n) is 3.16. The second-order valence-electron chi connectivity index (χ2n) is 6.18. The number of hydrogen-bond donors (Lipinski definition) is 1. The van der Waals surface area contributed by atoms with Crippen LogP contribution in [-0.2, 0) is 12.8 Å². The number of aromatic nitrogens is 2. The molecule has 2 aromatic heterocycles. The van der Waals surface area contributed by atoms with Gasteiger partial charge in [0.2, 0.25) is 0 Å². The lowest BCUT2D eigenvalue weighted by molar-refractivity contribution is 0.700. The van der Waals surface area contributed by atoms with Crippen molar-refractivity contribution in [3.05, 3.63) is 41.0 Å². The molecule has 0 fully saturated rings. The number of anilines is 3. The maximum absolute atomic E-state index is 4.51. The maximum atomic E-state index is 4.51. The van der Waals surface area contributed by atoms with E-state index in [9.17, 15) is 0 Å². The van der Waals surface area contributed by atoms with Crippen molar-refractivity contribution in [3.63, 3.8) is 0 Å². The van der Waals surface area contributed by atoms with Gasteiger partial charge in [0, 0.05) is 30.3 Å². The van der Waals surface area contributed by atoms with E-state index >= 15 is 0 Å². The molecule has 0 unspecified atom stereocenters. The highest BCUT2D eigenvalue weighted by Gasteiger charge is 2.19. The Kier molecular flexibility index (Phi) is 4.92. The molecule has 4 nitrogen and oxygen atoms in total. The zero-order chi connectivity index (χ0) is 15.8. The van der Waals surface area contributed by atoms with Crippen molar-refractivity contribution in [2.75, 3.05) is 24.3 Å². The van der Waals surface area contributed by atoms with Gasteiger partial charge in [-0.15, -0.1) is 23.7 Å². The van der Waals surface area contributed by atoms with Crippen molar-refractivity contribution in [2.45, 2.75) is 25.7 Å². The topological polar surface area (TPSA) is 41.0 Å². The van der Waals surface area contributed by atoms with Gasteiger partial charge in [0.25, 0.3) is 0 Å². The summed E-state index contributed by atoms with van der Waals surface area (Å²) >= 11 is 1.83. The first-order valence-electron chi connectivity index (χ1n) is 8.02. The van der Waals surface area contributed by atoms with Gasteiger partial charge in [0.05, 0.1) is 5.39 Å². The molecule has 0 aliphatic heterocycles. The van der Waals surface area contributed by atoms with Gasteiger partial charge in [0.15, 0.2) is 0 Å². The lowest BCUT2D eigenvalue weighted by Gasteiger charge is -2.14. The summed E-state index contributed by atoms with van der Waals surface area (Å²) in [4.78, 5) is 13.7. The minimum Gasteiger partial charge on any atom is -0.378 e. The Labute approximate surface area is 152 Å². The van der Waals surface area contributed by atoms with Gasteiger partial charge in [-0.3, -0.25) is 0 Å². The number of nitrogens with one attached hydrogen (secondary N) is 1. The second kappa shape index (κ2) is 6.95. The van der Waals surface area contributed by atoms with Crippen molar-refractivity contribution >= 4 is 51.2 Å². The Bertz CT molecular complexity index is 842. The van der Waals surface area contributed by atoms with E-state index in [1.807, 2.05) is 25.4 Å². The molecule has 1 aliphatic rings. The van der Waals surface area contributed by atoms with Gasteiger partial charge in [-0.25, -0.2) is 9.97 Å². The van der Waals surface area contributed by atoms with Crippen LogP contribution in [0.5, 0.6) is 0 Å². The van der Waals surface area contributed by atoms with Gasteiger partial charge >= 0.3 is 0 Å². The van der Waals surface area contributed by atoms with Crippen LogP contribution in [0.25, 0.3) is 10.2 Å². The minimum absolute atomic E-state index is 0. The average molecular weight is 361 g/mol. The molecule has 0 saturated heterocycles. The number of halogens is 1. The number of hydrogen-bond acceptors (Lipinski definition) is 5. The summed E-state index contributed by atoms with van der Waals surface area (Å²) in [5.74, 6) is 0.937. The molecule has 0 radical (unpaired) electrons. The van der Waals surface area contributed by atoms with E-state index < -0.39 is 0 Å². The number of thiophene rings is 1. The minimum atomic E-state index is 0. The first kappa shape index (κ1) is 17.0. The third-order valence-electron chi connectivity index (χ3n) is 4.40. The summed E-state index contributed by atoms with van der Waals surface area (Å²) in [6, 6.07) is 8.43. The highest BCUT2D eigenvalue weighted by molar-refractivity contribution is 7.19. The lowest BCUT2D eigenvalue weighted by Crippen LogP contribution is -2.08. The second-order valence-corrected chi connectivity index (χ2v) is 7.26. The van der Waals surface area contributed by atoms with Gasteiger partial charge in [-0.1, -0.05) is 0 Å². The normalized spacial score (nSPS) is 13.2. The first-order valence-corrected chi connectivity index (χ1v) is 8.83. The largest absolute Gasteiger partial charge is 0.378 e. The Morgan fingerprint density at radius 3 is 2.54 bits per heavy atom. The smallest absolute Gasteiger partial charge is 0.142 e. The van der Waals surface area contributed by atoms with Gasteiger partial charge in [-0.05, 0) is 55.5 Å². The zero-order valence-electron chi connectivity index (χ0n) is 13.9. The average Bonchev–Trinajstić information content (AvgIpc) is 2.95. The first-order chi connectivity index (χ1) is 11.2. The third-order valence-corrected chi connectivity index (χ3v) is 5.60. The third kappa shape index (κ3) is 3.06. The molecule has 3 aromatic rings. The summed E-state index contributed by atoms with van der Waals surface area (Å²) in [7, 11) is 4.10. The standard InChI is InChI=1S/C18H20N4S.ClH/c1-22(2)13-9-7-12(8-10-13)21-17-16-14-5-3-4-6-15(14)23-18(16)20-11-19-17;/h7-11H,3-6H2,1-2H3,(H,19,20,21);1H. The van der Waals surface area contributed by atoms with Crippen LogP contribution in [0.2, 0.25) is 0 Å². The van der Waals surface area contributed by atoms with Crippen LogP contribution in [0.4, 0.5) is 17.2 Å². The van der Waals surface area contributed by atoms with E-state index in [-0.39, 0.29) is 12.4 Å². The molecule has 4 rings (SSSR count).